The number of nitrogens with zero attached hydrogens (tertiary/aromatic N) is 2. The van der Waals surface area contributed by atoms with Crippen molar-refractivity contribution in [3.8, 4) is 5.75 Å². The van der Waals surface area contributed by atoms with Crippen molar-refractivity contribution >= 4 is 40.0 Å². The van der Waals surface area contributed by atoms with Crippen molar-refractivity contribution in [2.24, 2.45) is 4.99 Å². The van der Waals surface area contributed by atoms with E-state index in [4.69, 9.17) is 37.4 Å². The first-order chi connectivity index (χ1) is 15.5. The Kier molecular flexibility index (Phi) is 5.77. The summed E-state index contributed by atoms with van der Waals surface area (Å²) in [6.07, 6.45) is 0.309. The molecular formula is C23H22Cl2N2O5. The summed E-state index contributed by atoms with van der Waals surface area (Å²) in [6.45, 7) is 0.325. The largest absolute Gasteiger partial charge is 0.497 e. The number of aromatic nitrogens is 1. The average Bonchev–Trinajstić information content (AvgIpc) is 3.37. The minimum absolute atomic E-state index is 0.181. The van der Waals surface area contributed by atoms with Crippen LogP contribution in [0, 0.1) is 0 Å². The molecule has 5 rings (SSSR count). The fourth-order valence-corrected chi connectivity index (χ4v) is 4.69. The van der Waals surface area contributed by atoms with Gasteiger partial charge in [0, 0.05) is 40.7 Å². The number of benzene rings is 2. The molecule has 4 atom stereocenters. The second-order valence-electron chi connectivity index (χ2n) is 7.94. The smallest absolute Gasteiger partial charge is 0.227 e. The minimum Gasteiger partial charge on any atom is -0.497 e. The molecule has 3 heterocycles. The van der Waals surface area contributed by atoms with Gasteiger partial charge in [-0.1, -0.05) is 29.3 Å². The summed E-state index contributed by atoms with van der Waals surface area (Å²) in [6, 6.07) is 10.7. The number of aliphatic hydroxyl groups is 2. The van der Waals surface area contributed by atoms with Crippen LogP contribution in [0.1, 0.15) is 17.5 Å². The second-order valence-corrected chi connectivity index (χ2v) is 8.79. The van der Waals surface area contributed by atoms with Crippen LogP contribution in [-0.2, 0) is 16.0 Å². The Morgan fingerprint density at radius 1 is 1.22 bits per heavy atom. The van der Waals surface area contributed by atoms with Crippen LogP contribution in [0.4, 0.5) is 0 Å². The van der Waals surface area contributed by atoms with Crippen LogP contribution in [0.25, 0.3) is 10.9 Å². The summed E-state index contributed by atoms with van der Waals surface area (Å²) in [5.74, 6) is 1.12. The Morgan fingerprint density at radius 3 is 2.81 bits per heavy atom. The summed E-state index contributed by atoms with van der Waals surface area (Å²) in [5, 5.41) is 22.0. The monoisotopic (exact) mass is 476 g/mol. The lowest BCUT2D eigenvalue weighted by atomic mass is 10.0. The number of hydrogen-bond donors (Lipinski definition) is 2. The van der Waals surface area contributed by atoms with Crippen molar-refractivity contribution in [1.29, 1.82) is 0 Å². The van der Waals surface area contributed by atoms with E-state index >= 15 is 0 Å². The molecule has 0 aliphatic carbocycles. The zero-order valence-electron chi connectivity index (χ0n) is 17.2. The second kappa shape index (κ2) is 8.57. The molecule has 2 unspecified atom stereocenters. The van der Waals surface area contributed by atoms with Gasteiger partial charge >= 0.3 is 0 Å². The topological polar surface area (TPSA) is 85.4 Å². The van der Waals surface area contributed by atoms with Gasteiger partial charge in [-0.25, -0.2) is 4.99 Å². The number of halogens is 2. The zero-order chi connectivity index (χ0) is 22.4. The van der Waals surface area contributed by atoms with Crippen LogP contribution in [0.3, 0.4) is 0 Å². The number of methoxy groups -OCH3 is 1. The van der Waals surface area contributed by atoms with Gasteiger partial charge in [0.25, 0.3) is 0 Å². The molecule has 2 aliphatic rings. The van der Waals surface area contributed by atoms with Crippen LogP contribution in [0.15, 0.2) is 47.6 Å². The van der Waals surface area contributed by atoms with Gasteiger partial charge in [-0.3, -0.25) is 0 Å². The van der Waals surface area contributed by atoms with Crippen molar-refractivity contribution < 1.29 is 24.4 Å². The van der Waals surface area contributed by atoms with Gasteiger partial charge < -0.3 is 29.0 Å². The molecule has 0 amide bonds. The Morgan fingerprint density at radius 2 is 2.06 bits per heavy atom. The standard InChI is InChI=1S/C23H22Cl2N2O5/c1-30-14-4-5-16-17(22-26-21-20(29)8-15(11-28)31-23(21)32-22)10-27(19(16)7-14)9-12-2-3-13(24)6-18(12)25/h2-7,10,15,20-21,23,28-29H,8-9,11H2,1H3/t15?,20?,21-,23-/m1/s1. The third kappa shape index (κ3) is 3.84. The zero-order valence-corrected chi connectivity index (χ0v) is 18.8. The van der Waals surface area contributed by atoms with Crippen LogP contribution in [0.5, 0.6) is 5.75 Å². The molecule has 0 spiro atoms. The van der Waals surface area contributed by atoms with Gasteiger partial charge in [0.15, 0.2) is 0 Å². The number of rotatable bonds is 5. The van der Waals surface area contributed by atoms with E-state index < -0.39 is 24.5 Å². The fraction of sp³-hybridized carbons (Fsp3) is 0.348. The highest BCUT2D eigenvalue weighted by molar-refractivity contribution is 6.35. The van der Waals surface area contributed by atoms with E-state index in [0.29, 0.717) is 28.9 Å². The average molecular weight is 477 g/mol. The van der Waals surface area contributed by atoms with E-state index in [9.17, 15) is 10.2 Å². The van der Waals surface area contributed by atoms with Crippen molar-refractivity contribution in [1.82, 2.24) is 4.57 Å². The Bertz CT molecular complexity index is 1190. The molecule has 7 nitrogen and oxygen atoms in total. The highest BCUT2D eigenvalue weighted by Gasteiger charge is 2.44. The van der Waals surface area contributed by atoms with E-state index in [1.54, 1.807) is 19.2 Å². The third-order valence-electron chi connectivity index (χ3n) is 5.88. The number of aliphatic imine (C=N–C) groups is 1. The molecule has 3 aromatic rings. The minimum atomic E-state index is -0.746. The quantitative estimate of drug-likeness (QED) is 0.587. The first kappa shape index (κ1) is 21.6. The molecular weight excluding hydrogens is 455 g/mol. The summed E-state index contributed by atoms with van der Waals surface area (Å²) in [4.78, 5) is 4.62. The van der Waals surface area contributed by atoms with Gasteiger partial charge in [0.2, 0.25) is 12.2 Å². The van der Waals surface area contributed by atoms with Gasteiger partial charge in [-0.15, -0.1) is 0 Å². The molecule has 2 N–H and O–H groups in total. The molecule has 32 heavy (non-hydrogen) atoms. The number of hydrogen-bond acceptors (Lipinski definition) is 6. The highest BCUT2D eigenvalue weighted by atomic mass is 35.5. The van der Waals surface area contributed by atoms with E-state index in [-0.39, 0.29) is 6.61 Å². The maximum Gasteiger partial charge on any atom is 0.227 e. The van der Waals surface area contributed by atoms with Crippen molar-refractivity contribution in [2.45, 2.75) is 37.5 Å². The molecule has 1 aromatic heterocycles. The first-order valence-corrected chi connectivity index (χ1v) is 11.0. The molecule has 168 valence electrons. The summed E-state index contributed by atoms with van der Waals surface area (Å²) < 4.78 is 19.2. The molecule has 2 aromatic carbocycles. The predicted molar refractivity (Wildman–Crippen MR) is 122 cm³/mol. The Labute approximate surface area is 194 Å². The molecule has 0 radical (unpaired) electrons. The normalized spacial score (nSPS) is 24.8. The van der Waals surface area contributed by atoms with Crippen molar-refractivity contribution in [3.05, 3.63) is 63.8 Å². The fourth-order valence-electron chi connectivity index (χ4n) is 4.22. The van der Waals surface area contributed by atoms with Crippen molar-refractivity contribution in [3.63, 3.8) is 0 Å². The number of ether oxygens (including phenoxy) is 3. The van der Waals surface area contributed by atoms with E-state index in [1.165, 1.54) is 0 Å². The highest BCUT2D eigenvalue weighted by Crippen LogP contribution is 2.34. The van der Waals surface area contributed by atoms with Gasteiger partial charge in [0.1, 0.15) is 11.8 Å². The van der Waals surface area contributed by atoms with Crippen LogP contribution in [0.2, 0.25) is 10.0 Å². The lowest BCUT2D eigenvalue weighted by Gasteiger charge is -2.32. The van der Waals surface area contributed by atoms with Crippen LogP contribution >= 0.6 is 23.2 Å². The predicted octanol–water partition coefficient (Wildman–Crippen LogP) is 3.62. The number of fused-ring (bicyclic) bond motifs is 2. The lowest BCUT2D eigenvalue weighted by Crippen LogP contribution is -2.47. The molecule has 1 fully saturated rings. The molecule has 0 bridgehead atoms. The maximum absolute atomic E-state index is 10.5. The SMILES string of the molecule is COc1ccc2c(C3=N[C@@H]4C(O)CC(CO)O[C@@H]4O3)cn(Cc3ccc(Cl)cc3Cl)c2c1. The van der Waals surface area contributed by atoms with Crippen LogP contribution < -0.4 is 4.74 Å². The maximum atomic E-state index is 10.5. The van der Waals surface area contributed by atoms with Gasteiger partial charge in [0.05, 0.1) is 37.0 Å². The van der Waals surface area contributed by atoms with Crippen molar-refractivity contribution in [2.75, 3.05) is 13.7 Å². The van der Waals surface area contributed by atoms with Gasteiger partial charge in [-0.05, 0) is 29.8 Å². The third-order valence-corrected chi connectivity index (χ3v) is 6.46. The van der Waals surface area contributed by atoms with E-state index in [1.807, 2.05) is 35.0 Å². The Hall–Kier alpha value is -2.29. The van der Waals surface area contributed by atoms with E-state index in [0.717, 1.165) is 27.8 Å². The Balaban J connectivity index is 1.55. The lowest BCUT2D eigenvalue weighted by molar-refractivity contribution is -0.189. The molecule has 9 heteroatoms. The molecule has 1 saturated heterocycles. The van der Waals surface area contributed by atoms with Crippen LogP contribution in [-0.4, -0.2) is 58.9 Å². The van der Waals surface area contributed by atoms with Gasteiger partial charge in [-0.2, -0.15) is 0 Å². The summed E-state index contributed by atoms with van der Waals surface area (Å²) in [5.41, 5.74) is 2.61. The first-order valence-electron chi connectivity index (χ1n) is 10.3. The molecule has 2 aliphatic heterocycles. The number of aliphatic hydroxyl groups excluding tert-OH is 2. The summed E-state index contributed by atoms with van der Waals surface area (Å²) >= 11 is 12.5. The summed E-state index contributed by atoms with van der Waals surface area (Å²) in [7, 11) is 1.62. The van der Waals surface area contributed by atoms with E-state index in [2.05, 4.69) is 4.99 Å². The molecule has 0 saturated carbocycles.